The van der Waals surface area contributed by atoms with Crippen molar-refractivity contribution in [3.05, 3.63) is 72.2 Å². The van der Waals surface area contributed by atoms with E-state index in [0.29, 0.717) is 18.2 Å². The molecule has 4 aromatic rings. The molecule has 0 fully saturated rings. The quantitative estimate of drug-likeness (QED) is 0.618. The third-order valence-electron chi connectivity index (χ3n) is 3.50. The lowest BCUT2D eigenvalue weighted by molar-refractivity contribution is 0.518. The van der Waals surface area contributed by atoms with Gasteiger partial charge in [-0.1, -0.05) is 36.4 Å². The molecule has 4 nitrogen and oxygen atoms in total. The Morgan fingerprint density at radius 2 is 1.71 bits per heavy atom. The highest BCUT2D eigenvalue weighted by Gasteiger charge is 2.11. The molecular weight excluding hydrogens is 262 g/mol. The molecule has 0 spiro atoms. The number of aromatic amines is 1. The average molecular weight is 275 g/mol. The second-order valence-electron chi connectivity index (χ2n) is 4.90. The summed E-state index contributed by atoms with van der Waals surface area (Å²) in [4.78, 5) is 3.26. The number of fused-ring (bicyclic) bond motifs is 1. The molecule has 0 bridgehead atoms. The summed E-state index contributed by atoms with van der Waals surface area (Å²) in [5.41, 5.74) is 3.22. The van der Waals surface area contributed by atoms with Gasteiger partial charge in [-0.2, -0.15) is 0 Å². The van der Waals surface area contributed by atoms with E-state index in [1.54, 1.807) is 0 Å². The molecule has 0 radical (unpaired) electrons. The fourth-order valence-electron chi connectivity index (χ4n) is 2.46. The van der Waals surface area contributed by atoms with Gasteiger partial charge in [0.2, 0.25) is 11.8 Å². The third-order valence-corrected chi connectivity index (χ3v) is 3.50. The highest BCUT2D eigenvalue weighted by atomic mass is 16.4. The van der Waals surface area contributed by atoms with Crippen LogP contribution in [0, 0.1) is 0 Å². The smallest absolute Gasteiger partial charge is 0.247 e. The zero-order valence-electron chi connectivity index (χ0n) is 11.3. The van der Waals surface area contributed by atoms with Crippen LogP contribution in [0.4, 0.5) is 0 Å². The number of hydrogen-bond donors (Lipinski definition) is 1. The molecule has 1 N–H and O–H groups in total. The van der Waals surface area contributed by atoms with Gasteiger partial charge in [0, 0.05) is 22.7 Å². The first kappa shape index (κ1) is 11.9. The number of nitrogens with one attached hydrogen (secondary N) is 1. The van der Waals surface area contributed by atoms with Crippen molar-refractivity contribution in [2.45, 2.75) is 6.42 Å². The van der Waals surface area contributed by atoms with E-state index in [2.05, 4.69) is 27.3 Å². The van der Waals surface area contributed by atoms with Gasteiger partial charge in [-0.15, -0.1) is 10.2 Å². The van der Waals surface area contributed by atoms with Crippen molar-refractivity contribution in [3.63, 3.8) is 0 Å². The average Bonchev–Trinajstić information content (AvgIpc) is 3.17. The standard InChI is InChI=1S/C17H13N3O/c1-2-6-12(7-3-1)17-20-19-16(21-17)10-13-11-18-15-9-5-4-8-14(13)15/h1-9,11,18H,10H2. The number of nitrogens with zero attached hydrogens (tertiary/aromatic N) is 2. The van der Waals surface area contributed by atoms with Crippen LogP contribution in [0.3, 0.4) is 0 Å². The van der Waals surface area contributed by atoms with E-state index in [-0.39, 0.29) is 0 Å². The summed E-state index contributed by atoms with van der Waals surface area (Å²) >= 11 is 0. The van der Waals surface area contributed by atoms with Crippen LogP contribution in [0.2, 0.25) is 0 Å². The van der Waals surface area contributed by atoms with Crippen LogP contribution in [0.15, 0.2) is 65.2 Å². The molecular formula is C17H13N3O. The van der Waals surface area contributed by atoms with Crippen molar-refractivity contribution in [2.24, 2.45) is 0 Å². The Labute approximate surface area is 121 Å². The Morgan fingerprint density at radius 3 is 2.62 bits per heavy atom. The molecule has 4 heteroatoms. The topological polar surface area (TPSA) is 54.7 Å². The second kappa shape index (κ2) is 4.90. The monoisotopic (exact) mass is 275 g/mol. The number of rotatable bonds is 3. The summed E-state index contributed by atoms with van der Waals surface area (Å²) in [6.07, 6.45) is 2.63. The van der Waals surface area contributed by atoms with Gasteiger partial charge < -0.3 is 9.40 Å². The fraction of sp³-hybridized carbons (Fsp3) is 0.0588. The van der Waals surface area contributed by atoms with E-state index in [9.17, 15) is 0 Å². The Kier molecular flexibility index (Phi) is 2.78. The van der Waals surface area contributed by atoms with E-state index in [1.165, 1.54) is 5.39 Å². The first-order chi connectivity index (χ1) is 10.4. The van der Waals surface area contributed by atoms with E-state index in [1.807, 2.05) is 48.7 Å². The van der Waals surface area contributed by atoms with Gasteiger partial charge in [-0.3, -0.25) is 0 Å². The van der Waals surface area contributed by atoms with Crippen LogP contribution in [0.25, 0.3) is 22.4 Å². The van der Waals surface area contributed by atoms with Crippen LogP contribution >= 0.6 is 0 Å². The summed E-state index contributed by atoms with van der Waals surface area (Å²) in [6, 6.07) is 18.0. The van der Waals surface area contributed by atoms with Gasteiger partial charge in [0.05, 0.1) is 6.42 Å². The molecule has 21 heavy (non-hydrogen) atoms. The Bertz CT molecular complexity index is 877. The van der Waals surface area contributed by atoms with Gasteiger partial charge in [0.15, 0.2) is 0 Å². The lowest BCUT2D eigenvalue weighted by Gasteiger charge is -1.95. The van der Waals surface area contributed by atoms with Crippen molar-refractivity contribution in [2.75, 3.05) is 0 Å². The molecule has 0 saturated heterocycles. The number of benzene rings is 2. The molecule has 0 amide bonds. The Hall–Kier alpha value is -2.88. The van der Waals surface area contributed by atoms with Crippen molar-refractivity contribution in [1.29, 1.82) is 0 Å². The number of H-pyrrole nitrogens is 1. The predicted octanol–water partition coefficient (Wildman–Crippen LogP) is 3.81. The molecule has 2 heterocycles. The van der Waals surface area contributed by atoms with Gasteiger partial charge in [-0.05, 0) is 23.8 Å². The predicted molar refractivity (Wildman–Crippen MR) is 80.8 cm³/mol. The van der Waals surface area contributed by atoms with Crippen LogP contribution < -0.4 is 0 Å². The first-order valence-corrected chi connectivity index (χ1v) is 6.83. The lowest BCUT2D eigenvalue weighted by Crippen LogP contribution is -1.86. The van der Waals surface area contributed by atoms with E-state index < -0.39 is 0 Å². The fourth-order valence-corrected chi connectivity index (χ4v) is 2.46. The van der Waals surface area contributed by atoms with Gasteiger partial charge in [0.1, 0.15) is 0 Å². The Morgan fingerprint density at radius 1 is 0.905 bits per heavy atom. The van der Waals surface area contributed by atoms with Crippen LogP contribution in [0.1, 0.15) is 11.5 Å². The highest BCUT2D eigenvalue weighted by molar-refractivity contribution is 5.83. The second-order valence-corrected chi connectivity index (χ2v) is 4.90. The molecule has 4 rings (SSSR count). The largest absolute Gasteiger partial charge is 0.420 e. The van der Waals surface area contributed by atoms with E-state index in [0.717, 1.165) is 16.6 Å². The van der Waals surface area contributed by atoms with Gasteiger partial charge in [-0.25, -0.2) is 0 Å². The third kappa shape index (κ3) is 2.21. The minimum absolute atomic E-state index is 0.561. The molecule has 0 aliphatic carbocycles. The van der Waals surface area contributed by atoms with Crippen molar-refractivity contribution < 1.29 is 4.42 Å². The summed E-state index contributed by atoms with van der Waals surface area (Å²) in [7, 11) is 0. The SMILES string of the molecule is c1ccc(-c2nnc(Cc3c[nH]c4ccccc34)o2)cc1. The maximum Gasteiger partial charge on any atom is 0.247 e. The van der Waals surface area contributed by atoms with Crippen molar-refractivity contribution >= 4 is 10.9 Å². The van der Waals surface area contributed by atoms with Gasteiger partial charge >= 0.3 is 0 Å². The summed E-state index contributed by atoms with van der Waals surface area (Å²) in [6.45, 7) is 0. The van der Waals surface area contributed by atoms with Crippen LogP contribution in [0.5, 0.6) is 0 Å². The normalized spacial score (nSPS) is 11.0. The van der Waals surface area contributed by atoms with Crippen molar-refractivity contribution in [1.82, 2.24) is 15.2 Å². The molecule has 0 atom stereocenters. The molecule has 2 aromatic heterocycles. The molecule has 0 saturated carbocycles. The minimum atomic E-state index is 0.561. The molecule has 0 aliphatic rings. The van der Waals surface area contributed by atoms with Crippen molar-refractivity contribution in [3.8, 4) is 11.5 Å². The van der Waals surface area contributed by atoms with Crippen LogP contribution in [-0.4, -0.2) is 15.2 Å². The summed E-state index contributed by atoms with van der Waals surface area (Å²) < 4.78 is 5.76. The summed E-state index contributed by atoms with van der Waals surface area (Å²) in [5, 5.41) is 9.46. The van der Waals surface area contributed by atoms with Gasteiger partial charge in [0.25, 0.3) is 0 Å². The molecule has 102 valence electrons. The zero-order valence-corrected chi connectivity index (χ0v) is 11.3. The zero-order chi connectivity index (χ0) is 14.1. The van der Waals surface area contributed by atoms with E-state index >= 15 is 0 Å². The van der Waals surface area contributed by atoms with Crippen LogP contribution in [-0.2, 0) is 6.42 Å². The molecule has 0 unspecified atom stereocenters. The summed E-state index contributed by atoms with van der Waals surface area (Å²) in [5.74, 6) is 1.18. The minimum Gasteiger partial charge on any atom is -0.420 e. The van der Waals surface area contributed by atoms with E-state index in [4.69, 9.17) is 4.42 Å². The maximum atomic E-state index is 5.76. The lowest BCUT2D eigenvalue weighted by atomic mass is 10.1. The molecule has 2 aromatic carbocycles. The number of para-hydroxylation sites is 1. The first-order valence-electron chi connectivity index (χ1n) is 6.83. The maximum absolute atomic E-state index is 5.76. The molecule has 0 aliphatic heterocycles. The Balaban J connectivity index is 1.65. The number of aromatic nitrogens is 3. The highest BCUT2D eigenvalue weighted by Crippen LogP contribution is 2.22. The number of hydrogen-bond acceptors (Lipinski definition) is 3.